The molecule has 2 aromatic carbocycles. The highest BCUT2D eigenvalue weighted by molar-refractivity contribution is 5.92. The minimum atomic E-state index is 0.931. The molecule has 0 aliphatic heterocycles. The number of hydrogen-bond donors (Lipinski definition) is 0. The normalized spacial score (nSPS) is 17.4. The molecule has 2 aromatic rings. The van der Waals surface area contributed by atoms with Gasteiger partial charge in [-0.1, -0.05) is 12.1 Å². The highest BCUT2D eigenvalue weighted by atomic mass is 16.5. The third-order valence-corrected chi connectivity index (χ3v) is 4.83. The second-order valence-corrected chi connectivity index (χ2v) is 6.17. The monoisotopic (exact) mass is 308 g/mol. The zero-order valence-corrected chi connectivity index (χ0v) is 14.4. The summed E-state index contributed by atoms with van der Waals surface area (Å²) in [6, 6.07) is 13.1. The Balaban J connectivity index is 2.26. The van der Waals surface area contributed by atoms with Gasteiger partial charge < -0.3 is 9.47 Å². The second kappa shape index (κ2) is 6.49. The van der Waals surface area contributed by atoms with E-state index in [1.807, 2.05) is 0 Å². The quantitative estimate of drug-likeness (QED) is 0.764. The number of ether oxygens (including phenoxy) is 2. The SMILES string of the molecule is COc1ccc2cc1/C(C)=C(/C)c1cc(ccc1OC)CCC2. The van der Waals surface area contributed by atoms with Crippen molar-refractivity contribution in [2.45, 2.75) is 33.1 Å². The van der Waals surface area contributed by atoms with Gasteiger partial charge in [0.25, 0.3) is 0 Å². The minimum Gasteiger partial charge on any atom is -0.496 e. The van der Waals surface area contributed by atoms with Crippen LogP contribution in [0.25, 0.3) is 11.1 Å². The van der Waals surface area contributed by atoms with Crippen molar-refractivity contribution in [1.82, 2.24) is 0 Å². The number of aryl methyl sites for hydroxylation is 2. The number of methoxy groups -OCH3 is 2. The largest absolute Gasteiger partial charge is 0.496 e. The Morgan fingerprint density at radius 1 is 0.696 bits per heavy atom. The van der Waals surface area contributed by atoms with Crippen LogP contribution in [0.4, 0.5) is 0 Å². The van der Waals surface area contributed by atoms with Crippen molar-refractivity contribution in [2.75, 3.05) is 14.2 Å². The van der Waals surface area contributed by atoms with E-state index < -0.39 is 0 Å². The third-order valence-electron chi connectivity index (χ3n) is 4.83. The molecule has 120 valence electrons. The number of rotatable bonds is 2. The molecule has 23 heavy (non-hydrogen) atoms. The zero-order chi connectivity index (χ0) is 16.4. The molecule has 0 atom stereocenters. The first-order valence-electron chi connectivity index (χ1n) is 8.16. The van der Waals surface area contributed by atoms with E-state index in [4.69, 9.17) is 9.47 Å². The lowest BCUT2D eigenvalue weighted by molar-refractivity contribution is 0.412. The molecule has 0 saturated heterocycles. The summed E-state index contributed by atoms with van der Waals surface area (Å²) in [6.07, 6.45) is 3.32. The fourth-order valence-electron chi connectivity index (χ4n) is 3.31. The van der Waals surface area contributed by atoms with Gasteiger partial charge in [0, 0.05) is 11.1 Å². The van der Waals surface area contributed by atoms with E-state index in [2.05, 4.69) is 50.2 Å². The van der Waals surface area contributed by atoms with Crippen molar-refractivity contribution >= 4 is 11.1 Å². The minimum absolute atomic E-state index is 0.931. The zero-order valence-electron chi connectivity index (χ0n) is 14.4. The molecule has 0 N–H and O–H groups in total. The van der Waals surface area contributed by atoms with Crippen LogP contribution in [0.3, 0.4) is 0 Å². The molecule has 0 spiro atoms. The van der Waals surface area contributed by atoms with Crippen LogP contribution in [-0.4, -0.2) is 14.2 Å². The molecule has 0 unspecified atom stereocenters. The molecule has 0 radical (unpaired) electrons. The molecule has 3 rings (SSSR count). The summed E-state index contributed by atoms with van der Waals surface area (Å²) in [7, 11) is 3.47. The van der Waals surface area contributed by atoms with Crippen molar-refractivity contribution < 1.29 is 9.47 Å². The van der Waals surface area contributed by atoms with E-state index in [9.17, 15) is 0 Å². The maximum atomic E-state index is 5.59. The van der Waals surface area contributed by atoms with Gasteiger partial charge in [0.15, 0.2) is 0 Å². The van der Waals surface area contributed by atoms with Crippen LogP contribution in [0.5, 0.6) is 11.5 Å². The maximum absolute atomic E-state index is 5.59. The van der Waals surface area contributed by atoms with E-state index in [-0.39, 0.29) is 0 Å². The van der Waals surface area contributed by atoms with E-state index in [0.29, 0.717) is 0 Å². The fraction of sp³-hybridized carbons (Fsp3) is 0.333. The standard InChI is InChI=1S/C21H24O2/c1-14-15(2)19-13-17(9-11-21(19)23-4)7-5-6-16-8-10-20(22-3)18(14)12-16/h8-13H,5-7H2,1-4H3/b15-14-. The van der Waals surface area contributed by atoms with Crippen LogP contribution >= 0.6 is 0 Å². The van der Waals surface area contributed by atoms with Crippen molar-refractivity contribution in [1.29, 1.82) is 0 Å². The van der Waals surface area contributed by atoms with Crippen LogP contribution < -0.4 is 9.47 Å². The fourth-order valence-corrected chi connectivity index (χ4v) is 3.31. The van der Waals surface area contributed by atoms with Crippen LogP contribution in [0, 0.1) is 0 Å². The van der Waals surface area contributed by atoms with E-state index in [1.165, 1.54) is 33.4 Å². The van der Waals surface area contributed by atoms with Crippen LogP contribution in [0.15, 0.2) is 36.4 Å². The average molecular weight is 308 g/mol. The first kappa shape index (κ1) is 15.7. The molecule has 0 heterocycles. The van der Waals surface area contributed by atoms with Gasteiger partial charge in [-0.15, -0.1) is 0 Å². The molecule has 1 aliphatic rings. The summed E-state index contributed by atoms with van der Waals surface area (Å²) in [4.78, 5) is 0. The van der Waals surface area contributed by atoms with Crippen molar-refractivity contribution in [3.63, 3.8) is 0 Å². The highest BCUT2D eigenvalue weighted by Crippen LogP contribution is 2.37. The number of benzene rings is 2. The molecule has 1 aliphatic carbocycles. The van der Waals surface area contributed by atoms with Crippen molar-refractivity contribution in [2.24, 2.45) is 0 Å². The van der Waals surface area contributed by atoms with E-state index in [0.717, 1.165) is 30.8 Å². The van der Waals surface area contributed by atoms with Gasteiger partial charge in [-0.3, -0.25) is 0 Å². The summed E-state index contributed by atoms with van der Waals surface area (Å²) in [5.74, 6) is 1.86. The molecule has 2 nitrogen and oxygen atoms in total. The molecule has 4 bridgehead atoms. The number of allylic oxidation sites excluding steroid dienone is 2. The van der Waals surface area contributed by atoms with Crippen molar-refractivity contribution in [3.05, 3.63) is 58.7 Å². The van der Waals surface area contributed by atoms with Gasteiger partial charge in [0.05, 0.1) is 14.2 Å². The lowest BCUT2D eigenvalue weighted by Gasteiger charge is -2.16. The molecule has 2 heteroatoms. The first-order chi connectivity index (χ1) is 11.1. The third kappa shape index (κ3) is 2.98. The summed E-state index contributed by atoms with van der Waals surface area (Å²) < 4.78 is 11.2. The topological polar surface area (TPSA) is 18.5 Å². The summed E-state index contributed by atoms with van der Waals surface area (Å²) in [6.45, 7) is 4.34. The second-order valence-electron chi connectivity index (χ2n) is 6.17. The summed E-state index contributed by atoms with van der Waals surface area (Å²) in [5, 5.41) is 0. The lowest BCUT2D eigenvalue weighted by atomic mass is 9.94. The number of fused-ring (bicyclic) bond motifs is 4. The molecular weight excluding hydrogens is 284 g/mol. The molecule has 0 aromatic heterocycles. The Labute approximate surface area is 138 Å². The van der Waals surface area contributed by atoms with Gasteiger partial charge >= 0.3 is 0 Å². The smallest absolute Gasteiger partial charge is 0.126 e. The van der Waals surface area contributed by atoms with Crippen LogP contribution in [-0.2, 0) is 12.8 Å². The van der Waals surface area contributed by atoms with Gasteiger partial charge in [-0.25, -0.2) is 0 Å². The van der Waals surface area contributed by atoms with Gasteiger partial charge in [-0.2, -0.15) is 0 Å². The maximum Gasteiger partial charge on any atom is 0.126 e. The van der Waals surface area contributed by atoms with Crippen LogP contribution in [0.2, 0.25) is 0 Å². The Kier molecular flexibility index (Phi) is 4.42. The van der Waals surface area contributed by atoms with Gasteiger partial charge in [0.1, 0.15) is 11.5 Å². The Bertz CT molecular complexity index is 693. The van der Waals surface area contributed by atoms with Gasteiger partial charge in [-0.05, 0) is 79.6 Å². The highest BCUT2D eigenvalue weighted by Gasteiger charge is 2.15. The first-order valence-corrected chi connectivity index (χ1v) is 8.16. The molecule has 0 fully saturated rings. The molecule has 0 amide bonds. The predicted molar refractivity (Wildman–Crippen MR) is 96.2 cm³/mol. The Morgan fingerprint density at radius 3 is 1.52 bits per heavy atom. The van der Waals surface area contributed by atoms with E-state index >= 15 is 0 Å². The van der Waals surface area contributed by atoms with Crippen molar-refractivity contribution in [3.8, 4) is 11.5 Å². The predicted octanol–water partition coefficient (Wildman–Crippen LogP) is 5.14. The lowest BCUT2D eigenvalue weighted by Crippen LogP contribution is -1.96. The number of hydrogen-bond acceptors (Lipinski definition) is 2. The van der Waals surface area contributed by atoms with E-state index in [1.54, 1.807) is 14.2 Å². The van der Waals surface area contributed by atoms with Gasteiger partial charge in [0.2, 0.25) is 0 Å². The Morgan fingerprint density at radius 2 is 1.13 bits per heavy atom. The Hall–Kier alpha value is -2.22. The van der Waals surface area contributed by atoms with Crippen LogP contribution in [0.1, 0.15) is 42.5 Å². The molecule has 0 saturated carbocycles. The summed E-state index contributed by atoms with van der Waals surface area (Å²) in [5.41, 5.74) is 7.57. The molecular formula is C21H24O2. The summed E-state index contributed by atoms with van der Waals surface area (Å²) >= 11 is 0. The average Bonchev–Trinajstić information content (AvgIpc) is 2.60.